The molecule has 5 rings (SSSR count). The van der Waals surface area contributed by atoms with E-state index in [1.165, 1.54) is 11.5 Å². The van der Waals surface area contributed by atoms with E-state index in [-0.39, 0.29) is 12.5 Å². The number of fused-ring (bicyclic) bond motifs is 1. The highest BCUT2D eigenvalue weighted by Crippen LogP contribution is 2.29. The first kappa shape index (κ1) is 27.7. The number of anilines is 4. The van der Waals surface area contributed by atoms with Crippen molar-refractivity contribution >= 4 is 63.3 Å². The van der Waals surface area contributed by atoms with Gasteiger partial charge in [0.25, 0.3) is 12.3 Å². The van der Waals surface area contributed by atoms with E-state index < -0.39 is 6.43 Å². The van der Waals surface area contributed by atoms with Gasteiger partial charge in [-0.3, -0.25) is 14.7 Å². The number of para-hydroxylation sites is 2. The number of halogens is 2. The summed E-state index contributed by atoms with van der Waals surface area (Å²) in [6, 6.07) is 14.6. The smallest absolute Gasteiger partial charge is 0.260 e. The average Bonchev–Trinajstić information content (AvgIpc) is 3.25. The van der Waals surface area contributed by atoms with E-state index in [1.54, 1.807) is 42.3 Å². The van der Waals surface area contributed by atoms with Crippen molar-refractivity contribution in [3.8, 4) is 0 Å². The number of likely N-dealkylation sites (tertiary alicyclic amines) is 1. The third-order valence-corrected chi connectivity index (χ3v) is 7.25. The van der Waals surface area contributed by atoms with Gasteiger partial charge in [0, 0.05) is 16.6 Å². The predicted octanol–water partition coefficient (Wildman–Crippen LogP) is 5.62. The number of nitrogen functional groups attached to an aromatic ring is 1. The van der Waals surface area contributed by atoms with Crippen LogP contribution in [0.1, 0.15) is 28.9 Å². The molecule has 0 saturated carbocycles. The molecule has 3 heterocycles. The molecule has 4 N–H and O–H groups in total. The van der Waals surface area contributed by atoms with Crippen LogP contribution in [0.15, 0.2) is 54.7 Å². The van der Waals surface area contributed by atoms with E-state index in [4.69, 9.17) is 5.73 Å². The fourth-order valence-electron chi connectivity index (χ4n) is 3.96. The fraction of sp³-hybridized carbons (Fsp3) is 0.308. The number of aryl methyl sites for hydroxylation is 1. The summed E-state index contributed by atoms with van der Waals surface area (Å²) in [5, 5.41) is 7.04. The number of thiol groups is 1. The Morgan fingerprint density at radius 3 is 2.63 bits per heavy atom. The van der Waals surface area contributed by atoms with Gasteiger partial charge in [-0.25, -0.2) is 13.8 Å². The van der Waals surface area contributed by atoms with E-state index in [0.717, 1.165) is 37.0 Å². The molecule has 1 aliphatic rings. The minimum Gasteiger partial charge on any atom is -0.399 e. The molecule has 200 valence electrons. The molecule has 0 aliphatic carbocycles. The Bertz CT molecular complexity index is 1380. The summed E-state index contributed by atoms with van der Waals surface area (Å²) in [6.45, 7) is 3.28. The lowest BCUT2D eigenvalue weighted by molar-refractivity contribution is 0.0797. The number of benzene rings is 2. The zero-order chi connectivity index (χ0) is 27.1. The predicted molar refractivity (Wildman–Crippen MR) is 153 cm³/mol. The second-order valence-corrected chi connectivity index (χ2v) is 10.3. The number of rotatable bonds is 6. The zero-order valence-corrected chi connectivity index (χ0v) is 22.5. The van der Waals surface area contributed by atoms with Crippen molar-refractivity contribution < 1.29 is 13.6 Å². The van der Waals surface area contributed by atoms with Gasteiger partial charge < -0.3 is 16.4 Å². The summed E-state index contributed by atoms with van der Waals surface area (Å²) in [6.07, 6.45) is 1.33. The SMILES string of the molecule is Cc1nsc(Nc2cnc3ccccc3n2)c1C(=O)Nc1cccc(N)c1.FC(F)CN1CCC(S)CC1. The molecule has 8 nitrogen and oxygen atoms in total. The van der Waals surface area contributed by atoms with E-state index in [9.17, 15) is 13.6 Å². The second kappa shape index (κ2) is 12.9. The van der Waals surface area contributed by atoms with E-state index >= 15 is 0 Å². The van der Waals surface area contributed by atoms with Gasteiger partial charge in [0.05, 0.1) is 35.0 Å². The number of carbonyl (C=O) groups is 1. The maximum atomic E-state index is 12.8. The molecule has 2 aromatic heterocycles. The monoisotopic (exact) mass is 557 g/mol. The third kappa shape index (κ3) is 7.59. The lowest BCUT2D eigenvalue weighted by Crippen LogP contribution is -2.37. The number of nitrogens with two attached hydrogens (primary N) is 1. The average molecular weight is 558 g/mol. The van der Waals surface area contributed by atoms with Crippen molar-refractivity contribution in [1.29, 1.82) is 0 Å². The Morgan fingerprint density at radius 1 is 1.18 bits per heavy atom. The molecular formula is C26H29F2N7OS2. The topological polar surface area (TPSA) is 109 Å². The van der Waals surface area contributed by atoms with Crippen LogP contribution in [0.4, 0.5) is 31.0 Å². The van der Waals surface area contributed by atoms with E-state index in [1.807, 2.05) is 24.3 Å². The maximum Gasteiger partial charge on any atom is 0.260 e. The maximum absolute atomic E-state index is 12.8. The molecular weight excluding hydrogens is 528 g/mol. The summed E-state index contributed by atoms with van der Waals surface area (Å²) in [5.41, 5.74) is 9.67. The molecule has 1 amide bonds. The lowest BCUT2D eigenvalue weighted by Gasteiger charge is -2.29. The van der Waals surface area contributed by atoms with Crippen LogP contribution in [0.3, 0.4) is 0 Å². The zero-order valence-electron chi connectivity index (χ0n) is 20.8. The Labute approximate surface area is 229 Å². The first-order valence-corrected chi connectivity index (χ1v) is 13.4. The molecule has 1 aliphatic heterocycles. The minimum atomic E-state index is -2.19. The number of piperidine rings is 1. The first-order chi connectivity index (χ1) is 18.3. The molecule has 4 aromatic rings. The van der Waals surface area contributed by atoms with Crippen LogP contribution < -0.4 is 16.4 Å². The Kier molecular flexibility index (Phi) is 9.43. The Morgan fingerprint density at radius 2 is 1.92 bits per heavy atom. The molecule has 1 saturated heterocycles. The van der Waals surface area contributed by atoms with Crippen molar-refractivity contribution in [3.63, 3.8) is 0 Å². The van der Waals surface area contributed by atoms with Crippen LogP contribution in [0.5, 0.6) is 0 Å². The first-order valence-electron chi connectivity index (χ1n) is 12.1. The molecule has 0 unspecified atom stereocenters. The number of aromatic nitrogens is 3. The van der Waals surface area contributed by atoms with Crippen LogP contribution in [0.25, 0.3) is 11.0 Å². The minimum absolute atomic E-state index is 0.0690. The van der Waals surface area contributed by atoms with Crippen LogP contribution in [-0.2, 0) is 0 Å². The Hall–Kier alpha value is -3.35. The van der Waals surface area contributed by atoms with Crippen LogP contribution in [-0.4, -0.2) is 56.5 Å². The molecule has 12 heteroatoms. The highest BCUT2D eigenvalue weighted by atomic mass is 32.1. The highest BCUT2D eigenvalue weighted by molar-refractivity contribution is 7.80. The van der Waals surface area contributed by atoms with Gasteiger partial charge in [0.15, 0.2) is 0 Å². The van der Waals surface area contributed by atoms with Crippen molar-refractivity contribution in [2.24, 2.45) is 0 Å². The molecule has 38 heavy (non-hydrogen) atoms. The van der Waals surface area contributed by atoms with Gasteiger partial charge >= 0.3 is 0 Å². The molecule has 0 bridgehead atoms. The summed E-state index contributed by atoms with van der Waals surface area (Å²) in [7, 11) is 0. The standard InChI is InChI=1S/C19H16N6OS.C7H13F2NS/c1-11-17(18(26)22-13-6-4-5-12(20)9-13)19(27-25-11)24-16-10-21-14-7-2-3-8-15(14)23-16;8-7(9)5-10-3-1-6(11)2-4-10/h2-10H,20H2,1H3,(H,22,26)(H,23,24);6-7,11H,1-5H2. The van der Waals surface area contributed by atoms with Gasteiger partial charge in [-0.15, -0.1) is 0 Å². The molecule has 0 atom stereocenters. The number of nitrogens with zero attached hydrogens (tertiary/aromatic N) is 4. The van der Waals surface area contributed by atoms with Crippen molar-refractivity contribution in [3.05, 3.63) is 66.0 Å². The van der Waals surface area contributed by atoms with Gasteiger partial charge in [0.1, 0.15) is 10.8 Å². The lowest BCUT2D eigenvalue weighted by atomic mass is 10.1. The Balaban J connectivity index is 0.000000257. The van der Waals surface area contributed by atoms with E-state index in [2.05, 4.69) is 37.6 Å². The fourth-order valence-corrected chi connectivity index (χ4v) is 5.00. The summed E-state index contributed by atoms with van der Waals surface area (Å²) >= 11 is 5.48. The molecule has 0 radical (unpaired) electrons. The number of carbonyl (C=O) groups excluding carboxylic acids is 1. The molecule has 2 aromatic carbocycles. The van der Waals surface area contributed by atoms with Gasteiger partial charge in [-0.1, -0.05) is 18.2 Å². The number of nitrogens with one attached hydrogen (secondary N) is 2. The van der Waals surface area contributed by atoms with Crippen LogP contribution in [0, 0.1) is 6.92 Å². The molecule has 1 fully saturated rings. The number of hydrogen-bond donors (Lipinski definition) is 4. The van der Waals surface area contributed by atoms with Crippen molar-refractivity contribution in [2.75, 3.05) is 36.0 Å². The number of amides is 1. The quantitative estimate of drug-likeness (QED) is 0.180. The highest BCUT2D eigenvalue weighted by Gasteiger charge is 2.20. The summed E-state index contributed by atoms with van der Waals surface area (Å²) in [4.78, 5) is 23.5. The van der Waals surface area contributed by atoms with E-state index in [0.29, 0.717) is 38.7 Å². The summed E-state index contributed by atoms with van der Waals surface area (Å²) < 4.78 is 28.0. The summed E-state index contributed by atoms with van der Waals surface area (Å²) in [5.74, 6) is 0.290. The van der Waals surface area contributed by atoms with Crippen molar-refractivity contribution in [2.45, 2.75) is 31.4 Å². The third-order valence-electron chi connectivity index (χ3n) is 5.88. The van der Waals surface area contributed by atoms with Crippen LogP contribution in [0.2, 0.25) is 0 Å². The van der Waals surface area contributed by atoms with Crippen molar-refractivity contribution in [1.82, 2.24) is 19.2 Å². The molecule has 0 spiro atoms. The largest absolute Gasteiger partial charge is 0.399 e. The van der Waals surface area contributed by atoms with Gasteiger partial charge in [-0.2, -0.15) is 17.0 Å². The van der Waals surface area contributed by atoms with Gasteiger partial charge in [-0.05, 0) is 74.7 Å². The van der Waals surface area contributed by atoms with Crippen LogP contribution >= 0.6 is 24.2 Å². The van der Waals surface area contributed by atoms with Gasteiger partial charge in [0.2, 0.25) is 0 Å². The second-order valence-electron chi connectivity index (χ2n) is 8.84. The normalized spacial score (nSPS) is 14.2. The number of hydrogen-bond acceptors (Lipinski definition) is 9. The number of alkyl halides is 2.